The molecule has 0 spiro atoms. The van der Waals surface area contributed by atoms with E-state index >= 15 is 0 Å². The number of fused-ring (bicyclic) bond motifs is 3. The molecule has 0 aromatic heterocycles. The predicted molar refractivity (Wildman–Crippen MR) is 119 cm³/mol. The normalized spacial score (nSPS) is 21.2. The second-order valence-corrected chi connectivity index (χ2v) is 8.73. The van der Waals surface area contributed by atoms with Gasteiger partial charge >= 0.3 is 0 Å². The molecule has 0 unspecified atom stereocenters. The summed E-state index contributed by atoms with van der Waals surface area (Å²) in [5.41, 5.74) is 1.16. The Labute approximate surface area is 187 Å². The lowest BCUT2D eigenvalue weighted by Gasteiger charge is -2.33. The topological polar surface area (TPSA) is 67.9 Å². The largest absolute Gasteiger partial charge is 0.492 e. The van der Waals surface area contributed by atoms with Gasteiger partial charge in [0.25, 0.3) is 0 Å². The Morgan fingerprint density at radius 1 is 1.22 bits per heavy atom. The van der Waals surface area contributed by atoms with Crippen molar-refractivity contribution in [2.24, 2.45) is 5.41 Å². The molecule has 1 N–H and O–H groups in total. The number of halogens is 1. The molecular weight excluding hydrogens is 411 g/mol. The minimum absolute atomic E-state index is 0.0358. The van der Waals surface area contributed by atoms with Crippen LogP contribution in [-0.2, 0) is 14.3 Å². The number of anilines is 1. The van der Waals surface area contributed by atoms with E-state index in [2.05, 4.69) is 5.32 Å². The van der Waals surface area contributed by atoms with Crippen molar-refractivity contribution in [2.75, 3.05) is 31.2 Å². The molecule has 4 rings (SSSR count). The Balaban J connectivity index is 1.42. The zero-order chi connectivity index (χ0) is 22.7. The molecule has 1 aliphatic heterocycles. The lowest BCUT2D eigenvalue weighted by molar-refractivity contribution is -0.128. The number of nitrogens with one attached hydrogen (secondary N) is 1. The maximum absolute atomic E-state index is 13.5. The maximum atomic E-state index is 13.5. The summed E-state index contributed by atoms with van der Waals surface area (Å²) < 4.78 is 24.5. The van der Waals surface area contributed by atoms with Crippen LogP contribution in [0.1, 0.15) is 38.2 Å². The van der Waals surface area contributed by atoms with Gasteiger partial charge in [0.05, 0.1) is 11.5 Å². The predicted octanol–water partition coefficient (Wildman–Crippen LogP) is 3.66. The lowest BCUT2D eigenvalue weighted by Crippen LogP contribution is -2.48. The number of ether oxygens (including phenoxy) is 2. The summed E-state index contributed by atoms with van der Waals surface area (Å²) in [4.78, 5) is 27.7. The quantitative estimate of drug-likeness (QED) is 0.573. The average molecular weight is 441 g/mol. The van der Waals surface area contributed by atoms with Crippen LogP contribution in [0.3, 0.4) is 0 Å². The first kappa shape index (κ1) is 22.3. The highest BCUT2D eigenvalue weighted by atomic mass is 19.1. The minimum atomic E-state index is -0.686. The molecule has 0 bridgehead atoms. The Morgan fingerprint density at radius 3 is 2.72 bits per heavy atom. The van der Waals surface area contributed by atoms with Gasteiger partial charge in [0.15, 0.2) is 0 Å². The number of hydrogen-bond donors (Lipinski definition) is 1. The smallest absolute Gasteiger partial charge is 0.240 e. The van der Waals surface area contributed by atoms with E-state index in [4.69, 9.17) is 9.47 Å². The number of hydrogen-bond acceptors (Lipinski definition) is 4. The summed E-state index contributed by atoms with van der Waals surface area (Å²) in [5, 5.41) is 2.88. The third-order valence-electron chi connectivity index (χ3n) is 6.06. The van der Waals surface area contributed by atoms with Crippen LogP contribution < -0.4 is 15.0 Å². The molecule has 2 aromatic carbocycles. The van der Waals surface area contributed by atoms with Crippen LogP contribution >= 0.6 is 0 Å². The Bertz CT molecular complexity index is 978. The first-order valence-corrected chi connectivity index (χ1v) is 11.1. The molecule has 7 heteroatoms. The summed E-state index contributed by atoms with van der Waals surface area (Å²) in [6, 6.07) is 13.5. The van der Waals surface area contributed by atoms with E-state index in [1.807, 2.05) is 38.1 Å². The van der Waals surface area contributed by atoms with Crippen LogP contribution in [0.4, 0.5) is 10.1 Å². The number of amides is 2. The molecular formula is C25H29FN2O4. The van der Waals surface area contributed by atoms with E-state index < -0.39 is 5.41 Å². The van der Waals surface area contributed by atoms with Gasteiger partial charge in [0, 0.05) is 24.8 Å². The third kappa shape index (κ3) is 4.63. The second kappa shape index (κ2) is 9.28. The van der Waals surface area contributed by atoms with Gasteiger partial charge in [-0.2, -0.15) is 0 Å². The molecule has 2 aromatic rings. The minimum Gasteiger partial charge on any atom is -0.492 e. The fourth-order valence-corrected chi connectivity index (χ4v) is 4.30. The van der Waals surface area contributed by atoms with Gasteiger partial charge in [0.2, 0.25) is 11.8 Å². The molecule has 1 saturated carbocycles. The average Bonchev–Trinajstić information content (AvgIpc) is 3.52. The Kier molecular flexibility index (Phi) is 6.46. The van der Waals surface area contributed by atoms with Crippen molar-refractivity contribution in [2.45, 2.75) is 38.7 Å². The molecule has 2 aliphatic rings. The summed E-state index contributed by atoms with van der Waals surface area (Å²) >= 11 is 0. The lowest BCUT2D eigenvalue weighted by atomic mass is 9.92. The summed E-state index contributed by atoms with van der Waals surface area (Å²) in [6.07, 6.45) is 1.55. The third-order valence-corrected chi connectivity index (χ3v) is 6.06. The van der Waals surface area contributed by atoms with Gasteiger partial charge in [-0.15, -0.1) is 0 Å². The van der Waals surface area contributed by atoms with E-state index in [-0.39, 0.29) is 42.8 Å². The zero-order valence-corrected chi connectivity index (χ0v) is 18.5. The van der Waals surface area contributed by atoms with Crippen LogP contribution in [0, 0.1) is 11.2 Å². The second-order valence-electron chi connectivity index (χ2n) is 8.73. The zero-order valence-electron chi connectivity index (χ0n) is 18.5. The highest BCUT2D eigenvalue weighted by molar-refractivity contribution is 6.07. The van der Waals surface area contributed by atoms with Gasteiger partial charge in [-0.05, 0) is 62.6 Å². The fourth-order valence-electron chi connectivity index (χ4n) is 4.30. The number of carbonyl (C=O) groups is 2. The molecule has 0 saturated heterocycles. The van der Waals surface area contributed by atoms with Crippen molar-refractivity contribution in [3.63, 3.8) is 0 Å². The SMILES string of the molecule is CC(C)OCCCNC(=O)CN1C(=O)[C@@]2(COc3ccc(F)cc3)C[C@H]2c2ccccc21. The molecule has 170 valence electrons. The standard InChI is InChI=1S/C25H29FN2O4/c1-17(2)31-13-5-12-27-23(29)15-28-22-7-4-3-6-20(22)21-14-25(21,24(28)30)16-32-19-10-8-18(26)9-11-19/h3-4,6-11,17,21H,5,12-16H2,1-2H3,(H,27,29)/t21-,25+/m0/s1. The molecule has 6 nitrogen and oxygen atoms in total. The highest BCUT2D eigenvalue weighted by Crippen LogP contribution is 2.65. The van der Waals surface area contributed by atoms with Gasteiger partial charge in [0.1, 0.15) is 24.7 Å². The summed E-state index contributed by atoms with van der Waals surface area (Å²) in [5.74, 6) is -0.0476. The van der Waals surface area contributed by atoms with Crippen LogP contribution in [0.25, 0.3) is 0 Å². The Hall–Kier alpha value is -2.93. The number of nitrogens with zero attached hydrogens (tertiary/aromatic N) is 1. The number of benzene rings is 2. The van der Waals surface area contributed by atoms with Crippen molar-refractivity contribution in [3.8, 4) is 5.75 Å². The maximum Gasteiger partial charge on any atom is 0.240 e. The number of carbonyl (C=O) groups excluding carboxylic acids is 2. The fraction of sp³-hybridized carbons (Fsp3) is 0.440. The van der Waals surface area contributed by atoms with Crippen LogP contribution in [-0.4, -0.2) is 44.2 Å². The van der Waals surface area contributed by atoms with Crippen molar-refractivity contribution < 1.29 is 23.5 Å². The first-order chi connectivity index (χ1) is 15.4. The van der Waals surface area contributed by atoms with Crippen molar-refractivity contribution in [1.82, 2.24) is 5.32 Å². The van der Waals surface area contributed by atoms with Gasteiger partial charge in [-0.1, -0.05) is 18.2 Å². The van der Waals surface area contributed by atoms with Gasteiger partial charge in [-0.3, -0.25) is 9.59 Å². The van der Waals surface area contributed by atoms with Crippen molar-refractivity contribution >= 4 is 17.5 Å². The monoisotopic (exact) mass is 440 g/mol. The van der Waals surface area contributed by atoms with E-state index in [1.54, 1.807) is 17.0 Å². The van der Waals surface area contributed by atoms with E-state index in [1.165, 1.54) is 12.1 Å². The number of rotatable bonds is 10. The molecule has 0 radical (unpaired) electrons. The molecule has 1 fully saturated rings. The van der Waals surface area contributed by atoms with E-state index in [0.717, 1.165) is 11.3 Å². The highest BCUT2D eigenvalue weighted by Gasteiger charge is 2.66. The van der Waals surface area contributed by atoms with Crippen LogP contribution in [0.2, 0.25) is 0 Å². The van der Waals surface area contributed by atoms with Gasteiger partial charge in [-0.25, -0.2) is 4.39 Å². The molecule has 1 aliphatic carbocycles. The summed E-state index contributed by atoms with van der Waals surface area (Å²) in [6.45, 7) is 5.18. The van der Waals surface area contributed by atoms with Crippen molar-refractivity contribution in [1.29, 1.82) is 0 Å². The van der Waals surface area contributed by atoms with Crippen LogP contribution in [0.5, 0.6) is 5.75 Å². The van der Waals surface area contributed by atoms with Gasteiger partial charge < -0.3 is 19.7 Å². The molecule has 32 heavy (non-hydrogen) atoms. The molecule has 2 amide bonds. The van der Waals surface area contributed by atoms with E-state index in [0.29, 0.717) is 31.7 Å². The number of para-hydroxylation sites is 1. The summed E-state index contributed by atoms with van der Waals surface area (Å²) in [7, 11) is 0. The van der Waals surface area contributed by atoms with Crippen LogP contribution in [0.15, 0.2) is 48.5 Å². The first-order valence-electron chi connectivity index (χ1n) is 11.1. The molecule has 1 heterocycles. The Morgan fingerprint density at radius 2 is 1.97 bits per heavy atom. The van der Waals surface area contributed by atoms with Crippen molar-refractivity contribution in [3.05, 3.63) is 59.9 Å². The van der Waals surface area contributed by atoms with E-state index in [9.17, 15) is 14.0 Å². The molecule has 2 atom stereocenters.